The van der Waals surface area contributed by atoms with Crippen LogP contribution in [0, 0.1) is 11.8 Å². The first-order chi connectivity index (χ1) is 11.8. The fourth-order valence-corrected chi connectivity index (χ4v) is 2.46. The van der Waals surface area contributed by atoms with Crippen LogP contribution in [-0.2, 0) is 14.3 Å². The largest absolute Gasteiger partial charge is 0.469 e. The van der Waals surface area contributed by atoms with E-state index >= 15 is 0 Å². The van der Waals surface area contributed by atoms with E-state index in [4.69, 9.17) is 4.74 Å². The van der Waals surface area contributed by atoms with E-state index in [9.17, 15) is 4.79 Å². The predicted octanol–water partition coefficient (Wildman–Crippen LogP) is 5.66. The van der Waals surface area contributed by atoms with Gasteiger partial charge in [-0.1, -0.05) is 51.9 Å². The van der Waals surface area contributed by atoms with Crippen molar-refractivity contribution in [3.8, 4) is 11.8 Å². The van der Waals surface area contributed by atoms with E-state index in [0.29, 0.717) is 6.42 Å². The summed E-state index contributed by atoms with van der Waals surface area (Å²) in [6.45, 7) is 4.11. The highest BCUT2D eigenvalue weighted by Crippen LogP contribution is 2.06. The Morgan fingerprint density at radius 3 is 1.92 bits per heavy atom. The molecular weight excluding hydrogens is 300 g/mol. The molecule has 0 aliphatic heterocycles. The first-order valence-corrected chi connectivity index (χ1v) is 9.91. The van der Waals surface area contributed by atoms with Crippen molar-refractivity contribution in [2.75, 3.05) is 20.3 Å². The third-order valence-electron chi connectivity index (χ3n) is 4.02. The zero-order valence-corrected chi connectivity index (χ0v) is 16.0. The Morgan fingerprint density at radius 2 is 1.29 bits per heavy atom. The Kier molecular flexibility index (Phi) is 19.2. The Hall–Kier alpha value is -1.01. The van der Waals surface area contributed by atoms with Crippen LogP contribution < -0.4 is 0 Å². The van der Waals surface area contributed by atoms with Gasteiger partial charge >= 0.3 is 5.97 Å². The van der Waals surface area contributed by atoms with E-state index in [1.165, 1.54) is 71.3 Å². The van der Waals surface area contributed by atoms with E-state index in [2.05, 4.69) is 23.5 Å². The molecule has 0 amide bonds. The van der Waals surface area contributed by atoms with Crippen molar-refractivity contribution in [2.45, 2.75) is 96.8 Å². The molecule has 140 valence electrons. The van der Waals surface area contributed by atoms with Gasteiger partial charge in [0.2, 0.25) is 0 Å². The SMILES string of the molecule is CCCCCCCOCCCCCCCC#CCCCC(=O)OC. The van der Waals surface area contributed by atoms with E-state index in [-0.39, 0.29) is 5.97 Å². The van der Waals surface area contributed by atoms with Gasteiger partial charge in [0.1, 0.15) is 0 Å². The normalized spacial score (nSPS) is 10.2. The number of rotatable bonds is 16. The molecule has 0 fully saturated rings. The van der Waals surface area contributed by atoms with E-state index < -0.39 is 0 Å². The molecule has 3 nitrogen and oxygen atoms in total. The molecule has 0 heterocycles. The minimum atomic E-state index is -0.141. The second kappa shape index (κ2) is 20.0. The maximum Gasteiger partial charge on any atom is 0.305 e. The first-order valence-electron chi connectivity index (χ1n) is 9.91. The van der Waals surface area contributed by atoms with Crippen LogP contribution in [0.3, 0.4) is 0 Å². The second-order valence-electron chi connectivity index (χ2n) is 6.33. The average molecular weight is 339 g/mol. The fraction of sp³-hybridized carbons (Fsp3) is 0.857. The Balaban J connectivity index is 3.11. The van der Waals surface area contributed by atoms with E-state index in [1.807, 2.05) is 0 Å². The van der Waals surface area contributed by atoms with Crippen LogP contribution in [-0.4, -0.2) is 26.3 Å². The van der Waals surface area contributed by atoms with Crippen LogP contribution in [0.4, 0.5) is 0 Å². The quantitative estimate of drug-likeness (QED) is 0.207. The van der Waals surface area contributed by atoms with Gasteiger partial charge in [0, 0.05) is 32.5 Å². The number of methoxy groups -OCH3 is 1. The minimum Gasteiger partial charge on any atom is -0.469 e. The summed E-state index contributed by atoms with van der Waals surface area (Å²) in [4.78, 5) is 10.9. The fourth-order valence-electron chi connectivity index (χ4n) is 2.46. The van der Waals surface area contributed by atoms with Crippen molar-refractivity contribution in [3.05, 3.63) is 0 Å². The Labute approximate surface area is 149 Å². The number of esters is 1. The zero-order valence-electron chi connectivity index (χ0n) is 16.0. The lowest BCUT2D eigenvalue weighted by Crippen LogP contribution is -1.98. The van der Waals surface area contributed by atoms with Crippen molar-refractivity contribution >= 4 is 5.97 Å². The highest BCUT2D eigenvalue weighted by molar-refractivity contribution is 5.69. The van der Waals surface area contributed by atoms with Gasteiger partial charge in [0.05, 0.1) is 7.11 Å². The number of ether oxygens (including phenoxy) is 2. The lowest BCUT2D eigenvalue weighted by Gasteiger charge is -2.04. The van der Waals surface area contributed by atoms with Gasteiger partial charge in [0.15, 0.2) is 0 Å². The van der Waals surface area contributed by atoms with E-state index in [0.717, 1.165) is 32.5 Å². The van der Waals surface area contributed by atoms with Gasteiger partial charge in [-0.2, -0.15) is 0 Å². The maximum atomic E-state index is 10.9. The Morgan fingerprint density at radius 1 is 0.750 bits per heavy atom. The summed E-state index contributed by atoms with van der Waals surface area (Å²) >= 11 is 0. The summed E-state index contributed by atoms with van der Waals surface area (Å²) < 4.78 is 10.3. The molecule has 24 heavy (non-hydrogen) atoms. The highest BCUT2D eigenvalue weighted by Gasteiger charge is 1.97. The monoisotopic (exact) mass is 338 g/mol. The molecule has 0 unspecified atom stereocenters. The van der Waals surface area contributed by atoms with Crippen LogP contribution in [0.25, 0.3) is 0 Å². The molecule has 3 heteroatoms. The molecule has 0 aromatic heterocycles. The van der Waals surface area contributed by atoms with Crippen LogP contribution in [0.15, 0.2) is 0 Å². The smallest absolute Gasteiger partial charge is 0.305 e. The summed E-state index contributed by atoms with van der Waals surface area (Å²) in [6.07, 6.45) is 15.8. The van der Waals surface area contributed by atoms with Crippen LogP contribution in [0.1, 0.15) is 96.8 Å². The van der Waals surface area contributed by atoms with Gasteiger partial charge in [-0.25, -0.2) is 0 Å². The molecular formula is C21H38O3. The molecule has 0 spiro atoms. The molecule has 0 saturated heterocycles. The highest BCUT2D eigenvalue weighted by atomic mass is 16.5. The first kappa shape index (κ1) is 23.0. The molecule has 0 aliphatic carbocycles. The summed E-state index contributed by atoms with van der Waals surface area (Å²) in [5.74, 6) is 6.18. The molecule has 0 saturated carbocycles. The molecule has 0 radical (unpaired) electrons. The lowest BCUT2D eigenvalue weighted by atomic mass is 10.1. The molecule has 0 rings (SSSR count). The molecule has 0 aromatic carbocycles. The predicted molar refractivity (Wildman–Crippen MR) is 101 cm³/mol. The van der Waals surface area contributed by atoms with Crippen molar-refractivity contribution in [1.82, 2.24) is 0 Å². The summed E-state index contributed by atoms with van der Waals surface area (Å²) in [7, 11) is 1.43. The summed E-state index contributed by atoms with van der Waals surface area (Å²) in [6, 6.07) is 0. The van der Waals surface area contributed by atoms with Crippen molar-refractivity contribution in [1.29, 1.82) is 0 Å². The topological polar surface area (TPSA) is 35.5 Å². The van der Waals surface area contributed by atoms with Gasteiger partial charge in [-0.05, 0) is 25.7 Å². The van der Waals surface area contributed by atoms with Gasteiger partial charge in [-0.3, -0.25) is 4.79 Å². The number of carbonyl (C=O) groups excluding carboxylic acids is 1. The molecule has 0 aliphatic rings. The minimum absolute atomic E-state index is 0.141. The molecule has 0 bridgehead atoms. The number of hydrogen-bond acceptors (Lipinski definition) is 3. The number of carbonyl (C=O) groups is 1. The Bertz CT molecular complexity index is 328. The second-order valence-corrected chi connectivity index (χ2v) is 6.33. The van der Waals surface area contributed by atoms with Gasteiger partial charge < -0.3 is 9.47 Å². The maximum absolute atomic E-state index is 10.9. The third kappa shape index (κ3) is 19.0. The zero-order chi connectivity index (χ0) is 17.7. The number of hydrogen-bond donors (Lipinski definition) is 0. The van der Waals surface area contributed by atoms with Gasteiger partial charge in [0.25, 0.3) is 0 Å². The van der Waals surface area contributed by atoms with Gasteiger partial charge in [-0.15, -0.1) is 11.8 Å². The lowest BCUT2D eigenvalue weighted by molar-refractivity contribution is -0.140. The molecule has 0 aromatic rings. The van der Waals surface area contributed by atoms with Crippen molar-refractivity contribution in [3.63, 3.8) is 0 Å². The van der Waals surface area contributed by atoms with Crippen molar-refractivity contribution < 1.29 is 14.3 Å². The van der Waals surface area contributed by atoms with Crippen LogP contribution >= 0.6 is 0 Å². The average Bonchev–Trinajstić information content (AvgIpc) is 2.60. The third-order valence-corrected chi connectivity index (χ3v) is 4.02. The van der Waals surface area contributed by atoms with Crippen LogP contribution in [0.5, 0.6) is 0 Å². The number of unbranched alkanes of at least 4 members (excludes halogenated alkanes) is 10. The van der Waals surface area contributed by atoms with Crippen LogP contribution in [0.2, 0.25) is 0 Å². The molecule has 0 N–H and O–H groups in total. The summed E-state index contributed by atoms with van der Waals surface area (Å²) in [5.41, 5.74) is 0. The van der Waals surface area contributed by atoms with Crippen molar-refractivity contribution in [2.24, 2.45) is 0 Å². The van der Waals surface area contributed by atoms with E-state index in [1.54, 1.807) is 0 Å². The summed E-state index contributed by atoms with van der Waals surface area (Å²) in [5, 5.41) is 0. The molecule has 0 atom stereocenters. The standard InChI is InChI=1S/C21H38O3/c1-3-4-5-13-16-19-24-20-17-14-11-9-7-6-8-10-12-15-18-21(22)23-2/h3-7,9,11-20H2,1-2H3.